The lowest BCUT2D eigenvalue weighted by atomic mass is 10.2. The van der Waals surface area contributed by atoms with Crippen LogP contribution < -0.4 is 0 Å². The van der Waals surface area contributed by atoms with Crippen LogP contribution in [0.3, 0.4) is 0 Å². The summed E-state index contributed by atoms with van der Waals surface area (Å²) in [4.78, 5) is 0. The first kappa shape index (κ1) is 13.4. The maximum Gasteiger partial charge on any atom is 0.135 e. The van der Waals surface area contributed by atoms with Gasteiger partial charge in [0, 0.05) is 5.56 Å². The summed E-state index contributed by atoms with van der Waals surface area (Å²) in [5.41, 5.74) is 0.726. The zero-order valence-electron chi connectivity index (χ0n) is 8.11. The largest absolute Gasteiger partial charge is 0.459 e. The van der Waals surface area contributed by atoms with Gasteiger partial charge < -0.3 is 9.52 Å². The van der Waals surface area contributed by atoms with Crippen molar-refractivity contribution in [2.24, 2.45) is 0 Å². The van der Waals surface area contributed by atoms with E-state index in [2.05, 4.69) is 0 Å². The molecule has 0 atom stereocenters. The molecule has 0 amide bonds. The average Bonchev–Trinajstić information content (AvgIpc) is 2.70. The Morgan fingerprint density at radius 2 is 1.88 bits per heavy atom. The fraction of sp³-hybridized carbons (Fsp3) is 0.0909. The third-order valence-corrected chi connectivity index (χ3v) is 2.85. The van der Waals surface area contributed by atoms with Gasteiger partial charge in [0.05, 0.1) is 10.0 Å². The van der Waals surface area contributed by atoms with Crippen LogP contribution in [0.5, 0.6) is 0 Å². The molecule has 0 saturated heterocycles. The predicted molar refractivity (Wildman–Crippen MR) is 67.3 cm³/mol. The number of aliphatic hydroxyl groups excluding tert-OH is 1. The lowest BCUT2D eigenvalue weighted by molar-refractivity contribution is 0.248. The number of furan rings is 1. The molecule has 2 rings (SSSR count). The van der Waals surface area contributed by atoms with Crippen molar-refractivity contribution in [2.75, 3.05) is 0 Å². The summed E-state index contributed by atoms with van der Waals surface area (Å²) in [5, 5.41) is 9.81. The lowest BCUT2D eigenvalue weighted by Crippen LogP contribution is -1.78. The van der Waals surface area contributed by atoms with Gasteiger partial charge in [-0.3, -0.25) is 0 Å². The van der Waals surface area contributed by atoms with Crippen LogP contribution in [0.4, 0.5) is 0 Å². The molecule has 1 aromatic heterocycles. The topological polar surface area (TPSA) is 33.4 Å². The second kappa shape index (κ2) is 5.60. The molecule has 16 heavy (non-hydrogen) atoms. The molecular weight excluding hydrogens is 270 g/mol. The second-order valence-electron chi connectivity index (χ2n) is 3.03. The molecular formula is C11H9Cl3O2. The van der Waals surface area contributed by atoms with Crippen molar-refractivity contribution in [1.82, 2.24) is 0 Å². The standard InChI is InChI=1S/C11H8Cl2O2.ClH/c12-9-3-1-2-8(11(9)13)10-5-4-7(6-14)15-10;/h1-5,14H,6H2;1H. The Balaban J connectivity index is 0.00000128. The third kappa shape index (κ3) is 2.53. The van der Waals surface area contributed by atoms with Crippen molar-refractivity contribution in [2.45, 2.75) is 6.61 Å². The zero-order valence-corrected chi connectivity index (χ0v) is 10.4. The Bertz CT molecular complexity index is 480. The van der Waals surface area contributed by atoms with E-state index in [1.165, 1.54) is 0 Å². The van der Waals surface area contributed by atoms with Crippen molar-refractivity contribution in [3.63, 3.8) is 0 Å². The Labute approximate surface area is 109 Å². The molecule has 0 unspecified atom stereocenters. The number of benzene rings is 1. The first-order valence-electron chi connectivity index (χ1n) is 4.36. The van der Waals surface area contributed by atoms with Gasteiger partial charge >= 0.3 is 0 Å². The fourth-order valence-electron chi connectivity index (χ4n) is 1.30. The number of aliphatic hydroxyl groups is 1. The first-order valence-corrected chi connectivity index (χ1v) is 5.12. The van der Waals surface area contributed by atoms with Crippen LogP contribution in [0, 0.1) is 0 Å². The molecule has 1 aromatic carbocycles. The molecule has 1 N–H and O–H groups in total. The molecule has 0 fully saturated rings. The quantitative estimate of drug-likeness (QED) is 0.895. The van der Waals surface area contributed by atoms with E-state index >= 15 is 0 Å². The van der Waals surface area contributed by atoms with Gasteiger partial charge in [-0.25, -0.2) is 0 Å². The van der Waals surface area contributed by atoms with Crippen LogP contribution in [0.15, 0.2) is 34.7 Å². The predicted octanol–water partition coefficient (Wildman–Crippen LogP) is 4.17. The maximum absolute atomic E-state index is 8.87. The number of rotatable bonds is 2. The van der Waals surface area contributed by atoms with E-state index in [9.17, 15) is 0 Å². The van der Waals surface area contributed by atoms with Crippen LogP contribution in [0.25, 0.3) is 11.3 Å². The second-order valence-corrected chi connectivity index (χ2v) is 3.81. The lowest BCUT2D eigenvalue weighted by Gasteiger charge is -2.01. The van der Waals surface area contributed by atoms with Gasteiger partial charge in [-0.2, -0.15) is 0 Å². The molecule has 0 radical (unpaired) electrons. The summed E-state index contributed by atoms with van der Waals surface area (Å²) in [6, 6.07) is 8.78. The minimum atomic E-state index is -0.127. The number of halogens is 3. The summed E-state index contributed by atoms with van der Waals surface area (Å²) in [6.07, 6.45) is 0. The molecule has 1 heterocycles. The van der Waals surface area contributed by atoms with Crippen LogP contribution in [-0.4, -0.2) is 5.11 Å². The molecule has 0 bridgehead atoms. The Hall–Kier alpha value is -0.670. The maximum atomic E-state index is 8.87. The van der Waals surface area contributed by atoms with E-state index < -0.39 is 0 Å². The molecule has 86 valence electrons. The minimum absolute atomic E-state index is 0. The smallest absolute Gasteiger partial charge is 0.135 e. The molecule has 0 spiro atoms. The molecule has 2 aromatic rings. The van der Waals surface area contributed by atoms with Gasteiger partial charge in [-0.15, -0.1) is 12.4 Å². The SMILES string of the molecule is Cl.OCc1ccc(-c2cccc(Cl)c2Cl)o1. The van der Waals surface area contributed by atoms with Crippen LogP contribution in [-0.2, 0) is 6.61 Å². The highest BCUT2D eigenvalue weighted by Crippen LogP contribution is 2.34. The van der Waals surface area contributed by atoms with Crippen molar-refractivity contribution in [3.8, 4) is 11.3 Å². The van der Waals surface area contributed by atoms with Gasteiger partial charge in [0.2, 0.25) is 0 Å². The number of hydrogen-bond donors (Lipinski definition) is 1. The average molecular weight is 280 g/mol. The first-order chi connectivity index (χ1) is 7.22. The third-order valence-electron chi connectivity index (χ3n) is 2.03. The monoisotopic (exact) mass is 278 g/mol. The summed E-state index contributed by atoms with van der Waals surface area (Å²) < 4.78 is 5.36. The van der Waals surface area contributed by atoms with Gasteiger partial charge in [0.1, 0.15) is 18.1 Å². The highest BCUT2D eigenvalue weighted by atomic mass is 35.5. The van der Waals surface area contributed by atoms with Crippen molar-refractivity contribution in [3.05, 3.63) is 46.1 Å². The van der Waals surface area contributed by atoms with Gasteiger partial charge in [0.15, 0.2) is 0 Å². The molecule has 2 nitrogen and oxygen atoms in total. The summed E-state index contributed by atoms with van der Waals surface area (Å²) >= 11 is 11.9. The van der Waals surface area contributed by atoms with E-state index in [4.69, 9.17) is 32.7 Å². The van der Waals surface area contributed by atoms with Crippen LogP contribution in [0.2, 0.25) is 10.0 Å². The normalized spacial score (nSPS) is 9.94. The van der Waals surface area contributed by atoms with Crippen LogP contribution >= 0.6 is 35.6 Å². The minimum Gasteiger partial charge on any atom is -0.459 e. The Morgan fingerprint density at radius 3 is 2.50 bits per heavy atom. The van der Waals surface area contributed by atoms with E-state index in [-0.39, 0.29) is 19.0 Å². The molecule has 0 aliphatic heterocycles. The van der Waals surface area contributed by atoms with Crippen LogP contribution in [0.1, 0.15) is 5.76 Å². The highest BCUT2D eigenvalue weighted by Gasteiger charge is 2.10. The van der Waals surface area contributed by atoms with Gasteiger partial charge in [0.25, 0.3) is 0 Å². The van der Waals surface area contributed by atoms with E-state index in [1.807, 2.05) is 6.07 Å². The highest BCUT2D eigenvalue weighted by molar-refractivity contribution is 6.43. The van der Waals surface area contributed by atoms with Gasteiger partial charge in [-0.05, 0) is 24.3 Å². The molecule has 0 saturated carbocycles. The van der Waals surface area contributed by atoms with E-state index in [1.54, 1.807) is 24.3 Å². The molecule has 5 heteroatoms. The van der Waals surface area contributed by atoms with Gasteiger partial charge in [-0.1, -0.05) is 29.3 Å². The summed E-state index contributed by atoms with van der Waals surface area (Å²) in [6.45, 7) is -0.127. The zero-order chi connectivity index (χ0) is 10.8. The summed E-state index contributed by atoms with van der Waals surface area (Å²) in [5.74, 6) is 1.10. The Morgan fingerprint density at radius 1 is 1.12 bits per heavy atom. The Kier molecular flexibility index (Phi) is 4.69. The fourth-order valence-corrected chi connectivity index (χ4v) is 1.70. The van der Waals surface area contributed by atoms with E-state index in [0.29, 0.717) is 21.6 Å². The molecule has 0 aliphatic carbocycles. The number of hydrogen-bond acceptors (Lipinski definition) is 2. The van der Waals surface area contributed by atoms with E-state index in [0.717, 1.165) is 5.56 Å². The van der Waals surface area contributed by atoms with Crippen molar-refractivity contribution < 1.29 is 9.52 Å². The van der Waals surface area contributed by atoms with Crippen molar-refractivity contribution >= 4 is 35.6 Å². The van der Waals surface area contributed by atoms with Crippen molar-refractivity contribution in [1.29, 1.82) is 0 Å². The summed E-state index contributed by atoms with van der Waals surface area (Å²) in [7, 11) is 0. The molecule has 0 aliphatic rings.